The van der Waals surface area contributed by atoms with Crippen LogP contribution >= 0.6 is 0 Å². The number of methoxy groups -OCH3 is 1. The summed E-state index contributed by atoms with van der Waals surface area (Å²) in [5, 5.41) is 3.89. The summed E-state index contributed by atoms with van der Waals surface area (Å²) in [7, 11) is 1.62. The second-order valence-corrected chi connectivity index (χ2v) is 9.84. The third kappa shape index (κ3) is 3.48. The van der Waals surface area contributed by atoms with Crippen molar-refractivity contribution in [3.05, 3.63) is 89.1 Å². The van der Waals surface area contributed by atoms with Crippen LogP contribution in [0, 0.1) is 0 Å². The number of aromatic nitrogens is 1. The quantitative estimate of drug-likeness (QED) is 0.361. The lowest BCUT2D eigenvalue weighted by atomic mass is 9.87. The molecule has 4 aromatic rings. The van der Waals surface area contributed by atoms with Crippen molar-refractivity contribution in [3.63, 3.8) is 0 Å². The SMILES string of the molecule is CCc1ccc(NC(=O)c2ccc(N3C(=O)N4CCc5c([nH]c6ccc(OC)cc56)[C@@]4(C)C3=O)cc2)cc1. The maximum atomic E-state index is 13.9. The molecular formula is C30H28N4O4. The van der Waals surface area contributed by atoms with Crippen molar-refractivity contribution < 1.29 is 19.1 Å². The molecule has 1 aromatic heterocycles. The molecule has 1 saturated heterocycles. The van der Waals surface area contributed by atoms with E-state index in [0.29, 0.717) is 29.9 Å². The maximum absolute atomic E-state index is 13.9. The minimum Gasteiger partial charge on any atom is -0.497 e. The summed E-state index contributed by atoms with van der Waals surface area (Å²) in [4.78, 5) is 46.4. The van der Waals surface area contributed by atoms with E-state index in [9.17, 15) is 14.4 Å². The molecule has 1 fully saturated rings. The Hall–Kier alpha value is -4.59. The smallest absolute Gasteiger partial charge is 0.332 e. The summed E-state index contributed by atoms with van der Waals surface area (Å²) >= 11 is 0. The Morgan fingerprint density at radius 1 is 1.05 bits per heavy atom. The Kier molecular flexibility index (Phi) is 5.48. The number of urea groups is 1. The van der Waals surface area contributed by atoms with Gasteiger partial charge in [-0.3, -0.25) is 9.59 Å². The summed E-state index contributed by atoms with van der Waals surface area (Å²) in [5.74, 6) is 0.155. The predicted molar refractivity (Wildman–Crippen MR) is 146 cm³/mol. The van der Waals surface area contributed by atoms with Crippen LogP contribution in [-0.4, -0.2) is 41.4 Å². The zero-order chi connectivity index (χ0) is 26.6. The fraction of sp³-hybridized carbons (Fsp3) is 0.233. The predicted octanol–water partition coefficient (Wildman–Crippen LogP) is 5.23. The van der Waals surface area contributed by atoms with Crippen molar-refractivity contribution in [2.75, 3.05) is 23.9 Å². The number of carbonyl (C=O) groups is 3. The van der Waals surface area contributed by atoms with E-state index in [1.165, 1.54) is 10.5 Å². The maximum Gasteiger partial charge on any atom is 0.332 e. The molecule has 2 N–H and O–H groups in total. The molecular weight excluding hydrogens is 480 g/mol. The summed E-state index contributed by atoms with van der Waals surface area (Å²) in [6.45, 7) is 4.29. The molecule has 0 spiro atoms. The van der Waals surface area contributed by atoms with Crippen LogP contribution in [0.3, 0.4) is 0 Å². The number of nitrogens with one attached hydrogen (secondary N) is 2. The van der Waals surface area contributed by atoms with Gasteiger partial charge in [0.2, 0.25) is 0 Å². The normalized spacial score (nSPS) is 18.5. The Bertz CT molecular complexity index is 1590. The molecule has 2 aliphatic heterocycles. The van der Waals surface area contributed by atoms with Gasteiger partial charge in [-0.25, -0.2) is 9.69 Å². The lowest BCUT2D eigenvalue weighted by Gasteiger charge is -2.35. The molecule has 192 valence electrons. The van der Waals surface area contributed by atoms with Gasteiger partial charge in [-0.1, -0.05) is 19.1 Å². The number of carbonyl (C=O) groups excluding carboxylic acids is 3. The third-order valence-corrected chi connectivity index (χ3v) is 7.77. The van der Waals surface area contributed by atoms with Crippen LogP contribution in [0.15, 0.2) is 66.7 Å². The minimum absolute atomic E-state index is 0.262. The van der Waals surface area contributed by atoms with Gasteiger partial charge in [-0.05, 0) is 85.5 Å². The number of nitrogens with zero attached hydrogens (tertiary/aromatic N) is 2. The second kappa shape index (κ2) is 8.76. The van der Waals surface area contributed by atoms with Crippen LogP contribution in [0.2, 0.25) is 0 Å². The summed E-state index contributed by atoms with van der Waals surface area (Å²) in [5.41, 5.74) is 4.27. The third-order valence-electron chi connectivity index (χ3n) is 7.77. The van der Waals surface area contributed by atoms with Gasteiger partial charge >= 0.3 is 6.03 Å². The molecule has 3 aromatic carbocycles. The van der Waals surface area contributed by atoms with Gasteiger partial charge < -0.3 is 19.9 Å². The first-order chi connectivity index (χ1) is 18.3. The van der Waals surface area contributed by atoms with E-state index in [1.54, 1.807) is 43.2 Å². The van der Waals surface area contributed by atoms with Gasteiger partial charge in [-0.15, -0.1) is 0 Å². The lowest BCUT2D eigenvalue weighted by molar-refractivity contribution is -0.125. The monoisotopic (exact) mass is 508 g/mol. The number of imide groups is 1. The fourth-order valence-electron chi connectivity index (χ4n) is 5.56. The molecule has 6 rings (SSSR count). The average Bonchev–Trinajstić information content (AvgIpc) is 3.41. The van der Waals surface area contributed by atoms with E-state index in [-0.39, 0.29) is 17.8 Å². The van der Waals surface area contributed by atoms with E-state index in [4.69, 9.17) is 4.74 Å². The largest absolute Gasteiger partial charge is 0.497 e. The first kappa shape index (κ1) is 23.8. The highest BCUT2D eigenvalue weighted by atomic mass is 16.5. The van der Waals surface area contributed by atoms with Gasteiger partial charge in [0, 0.05) is 28.7 Å². The number of amides is 4. The molecule has 4 amide bonds. The molecule has 0 bridgehead atoms. The molecule has 0 aliphatic carbocycles. The van der Waals surface area contributed by atoms with Crippen LogP contribution in [0.25, 0.3) is 10.9 Å². The van der Waals surface area contributed by atoms with Gasteiger partial charge in [0.05, 0.1) is 18.5 Å². The van der Waals surface area contributed by atoms with Crippen molar-refractivity contribution >= 4 is 40.1 Å². The van der Waals surface area contributed by atoms with Gasteiger partial charge in [0.1, 0.15) is 5.75 Å². The van der Waals surface area contributed by atoms with E-state index < -0.39 is 5.54 Å². The number of fused-ring (bicyclic) bond motifs is 5. The van der Waals surface area contributed by atoms with Crippen molar-refractivity contribution in [3.8, 4) is 5.75 Å². The number of hydrogen-bond donors (Lipinski definition) is 2. The number of anilines is 2. The number of aromatic amines is 1. The number of hydrogen-bond acceptors (Lipinski definition) is 4. The Balaban J connectivity index is 1.28. The van der Waals surface area contributed by atoms with E-state index in [2.05, 4.69) is 17.2 Å². The highest BCUT2D eigenvalue weighted by Crippen LogP contribution is 2.45. The Morgan fingerprint density at radius 2 is 1.79 bits per heavy atom. The molecule has 38 heavy (non-hydrogen) atoms. The summed E-state index contributed by atoms with van der Waals surface area (Å²) < 4.78 is 5.39. The molecule has 8 heteroatoms. The van der Waals surface area contributed by atoms with Crippen LogP contribution in [0.1, 0.15) is 41.0 Å². The number of H-pyrrole nitrogens is 1. The standard InChI is InChI=1S/C30H28N4O4/c1-4-18-5-9-20(10-6-18)31-27(35)19-7-11-21(12-8-19)34-28(36)30(2)26-23(15-16-33(30)29(34)37)24-17-22(38-3)13-14-25(24)32-26/h5-14,17,32H,4,15-16H2,1-3H3,(H,31,35)/t30-/m0/s1. The average molecular weight is 509 g/mol. The number of benzene rings is 3. The topological polar surface area (TPSA) is 94.7 Å². The van der Waals surface area contributed by atoms with Crippen LogP contribution < -0.4 is 15.0 Å². The summed E-state index contributed by atoms with van der Waals surface area (Å²) in [6, 6.07) is 19.7. The highest BCUT2D eigenvalue weighted by molar-refractivity contribution is 6.23. The van der Waals surface area contributed by atoms with Gasteiger partial charge in [0.25, 0.3) is 11.8 Å². The first-order valence-corrected chi connectivity index (χ1v) is 12.7. The summed E-state index contributed by atoms with van der Waals surface area (Å²) in [6.07, 6.45) is 1.56. The molecule has 0 radical (unpaired) electrons. The zero-order valence-corrected chi connectivity index (χ0v) is 21.5. The molecule has 3 heterocycles. The molecule has 2 aliphatic rings. The zero-order valence-electron chi connectivity index (χ0n) is 21.5. The van der Waals surface area contributed by atoms with Crippen molar-refractivity contribution in [2.45, 2.75) is 32.2 Å². The van der Waals surface area contributed by atoms with Crippen LogP contribution in [0.4, 0.5) is 16.2 Å². The van der Waals surface area contributed by atoms with E-state index in [0.717, 1.165) is 34.3 Å². The highest BCUT2D eigenvalue weighted by Gasteiger charge is 2.59. The molecule has 0 unspecified atom stereocenters. The van der Waals surface area contributed by atoms with Gasteiger partial charge in [-0.2, -0.15) is 0 Å². The first-order valence-electron chi connectivity index (χ1n) is 12.7. The number of ether oxygens (including phenoxy) is 1. The minimum atomic E-state index is -1.16. The molecule has 0 saturated carbocycles. The molecule has 1 atom stereocenters. The van der Waals surface area contributed by atoms with Crippen molar-refractivity contribution in [1.82, 2.24) is 9.88 Å². The second-order valence-electron chi connectivity index (χ2n) is 9.84. The van der Waals surface area contributed by atoms with Crippen LogP contribution in [-0.2, 0) is 23.2 Å². The van der Waals surface area contributed by atoms with Crippen LogP contribution in [0.5, 0.6) is 5.75 Å². The molecule has 8 nitrogen and oxygen atoms in total. The Labute approximate surface area is 220 Å². The van der Waals surface area contributed by atoms with Gasteiger partial charge in [0.15, 0.2) is 5.54 Å². The number of aryl methyl sites for hydroxylation is 1. The fourth-order valence-corrected chi connectivity index (χ4v) is 5.56. The van der Waals surface area contributed by atoms with E-state index in [1.807, 2.05) is 42.5 Å². The van der Waals surface area contributed by atoms with Crippen molar-refractivity contribution in [2.24, 2.45) is 0 Å². The Morgan fingerprint density at radius 3 is 2.47 bits per heavy atom. The van der Waals surface area contributed by atoms with E-state index >= 15 is 0 Å². The van der Waals surface area contributed by atoms with Crippen molar-refractivity contribution in [1.29, 1.82) is 0 Å². The lowest BCUT2D eigenvalue weighted by Crippen LogP contribution is -2.49. The number of rotatable bonds is 5.